The van der Waals surface area contributed by atoms with Crippen molar-refractivity contribution >= 4 is 5.78 Å². The Labute approximate surface area is 55.2 Å². The van der Waals surface area contributed by atoms with E-state index in [4.69, 9.17) is 5.11 Å². The highest BCUT2D eigenvalue weighted by atomic mass is 16.2. The molecule has 1 aliphatic carbocycles. The summed E-state index contributed by atoms with van der Waals surface area (Å²) in [6.07, 6.45) is 5.14. The van der Waals surface area contributed by atoms with E-state index in [-0.39, 0.29) is 6.61 Å². The standard InChI is InChI=1S/C5H6O.C2H6O/c6-5-3-1-2-4-5;1-2-3/h1-2H,3-4H2;3H,2H2,1H3. The third kappa shape index (κ3) is 5.24. The lowest BCUT2D eigenvalue weighted by molar-refractivity contribution is -0.116. The Kier molecular flexibility index (Phi) is 5.12. The summed E-state index contributed by atoms with van der Waals surface area (Å²) in [6, 6.07) is 0. The topological polar surface area (TPSA) is 37.3 Å². The Morgan fingerprint density at radius 3 is 2.00 bits per heavy atom. The highest BCUT2D eigenvalue weighted by molar-refractivity contribution is 5.83. The van der Waals surface area contributed by atoms with Crippen LogP contribution in [0.5, 0.6) is 0 Å². The fourth-order valence-electron chi connectivity index (χ4n) is 0.513. The Bertz CT molecular complexity index is 95.5. The van der Waals surface area contributed by atoms with Gasteiger partial charge in [-0.25, -0.2) is 0 Å². The average Bonchev–Trinajstić information content (AvgIpc) is 2.20. The molecule has 0 heterocycles. The number of allylic oxidation sites excluding steroid dienone is 2. The molecule has 1 N–H and O–H groups in total. The predicted octanol–water partition coefficient (Wildman–Crippen LogP) is 0.904. The molecule has 2 nitrogen and oxygen atoms in total. The lowest BCUT2D eigenvalue weighted by Crippen LogP contribution is -1.83. The van der Waals surface area contributed by atoms with Crippen molar-refractivity contribution in [1.82, 2.24) is 0 Å². The third-order valence-corrected chi connectivity index (χ3v) is 0.858. The van der Waals surface area contributed by atoms with Crippen LogP contribution in [-0.2, 0) is 4.79 Å². The lowest BCUT2D eigenvalue weighted by atomic mass is 10.3. The maximum atomic E-state index is 10.2. The Balaban J connectivity index is 0.000000187. The molecule has 0 aromatic carbocycles. The third-order valence-electron chi connectivity index (χ3n) is 0.858. The van der Waals surface area contributed by atoms with Crippen molar-refractivity contribution in [2.45, 2.75) is 19.8 Å². The molecular formula is C7H12O2. The van der Waals surface area contributed by atoms with Gasteiger partial charge in [0.25, 0.3) is 0 Å². The van der Waals surface area contributed by atoms with E-state index in [1.807, 2.05) is 12.2 Å². The Morgan fingerprint density at radius 1 is 1.56 bits per heavy atom. The molecule has 0 saturated carbocycles. The van der Waals surface area contributed by atoms with Crippen LogP contribution in [-0.4, -0.2) is 17.5 Å². The van der Waals surface area contributed by atoms with Gasteiger partial charge >= 0.3 is 0 Å². The molecule has 0 fully saturated rings. The first-order valence-electron chi connectivity index (χ1n) is 3.08. The molecule has 1 rings (SSSR count). The quantitative estimate of drug-likeness (QED) is 0.492. The number of aliphatic hydroxyl groups is 1. The molecule has 1 aliphatic rings. The molecule has 52 valence electrons. The molecule has 0 unspecified atom stereocenters. The van der Waals surface area contributed by atoms with Crippen LogP contribution in [0.3, 0.4) is 0 Å². The van der Waals surface area contributed by atoms with Gasteiger partial charge in [0.15, 0.2) is 0 Å². The van der Waals surface area contributed by atoms with Gasteiger partial charge in [0, 0.05) is 19.4 Å². The molecular weight excluding hydrogens is 116 g/mol. The van der Waals surface area contributed by atoms with Crippen LogP contribution in [0.2, 0.25) is 0 Å². The number of hydrogen-bond acceptors (Lipinski definition) is 2. The zero-order valence-electron chi connectivity index (χ0n) is 5.63. The summed E-state index contributed by atoms with van der Waals surface area (Å²) in [5.74, 6) is 0.343. The second-order valence-corrected chi connectivity index (χ2v) is 1.73. The van der Waals surface area contributed by atoms with Gasteiger partial charge in [-0.2, -0.15) is 0 Å². The van der Waals surface area contributed by atoms with Crippen LogP contribution in [0.1, 0.15) is 19.8 Å². The first-order chi connectivity index (χ1) is 4.31. The number of Topliss-reactive ketones (excluding diaryl/α,β-unsaturated/α-hetero) is 1. The van der Waals surface area contributed by atoms with Gasteiger partial charge in [0.05, 0.1) is 0 Å². The van der Waals surface area contributed by atoms with Crippen LogP contribution < -0.4 is 0 Å². The van der Waals surface area contributed by atoms with E-state index < -0.39 is 0 Å². The zero-order valence-corrected chi connectivity index (χ0v) is 5.63. The maximum absolute atomic E-state index is 10.2. The van der Waals surface area contributed by atoms with Crippen LogP contribution in [0.25, 0.3) is 0 Å². The second-order valence-electron chi connectivity index (χ2n) is 1.73. The zero-order chi connectivity index (χ0) is 7.11. The van der Waals surface area contributed by atoms with E-state index >= 15 is 0 Å². The summed E-state index contributed by atoms with van der Waals surface area (Å²) in [5.41, 5.74) is 0. The molecule has 0 aromatic heterocycles. The number of carbonyl (C=O) groups is 1. The minimum atomic E-state index is 0.250. The molecule has 0 aromatic rings. The average molecular weight is 128 g/mol. The van der Waals surface area contributed by atoms with Crippen LogP contribution in [0, 0.1) is 0 Å². The maximum Gasteiger partial charge on any atom is 0.140 e. The second kappa shape index (κ2) is 5.51. The molecule has 0 amide bonds. The number of rotatable bonds is 0. The van der Waals surface area contributed by atoms with Crippen molar-refractivity contribution in [1.29, 1.82) is 0 Å². The first-order valence-corrected chi connectivity index (χ1v) is 3.08. The van der Waals surface area contributed by atoms with E-state index in [0.717, 1.165) is 0 Å². The van der Waals surface area contributed by atoms with Crippen LogP contribution in [0.4, 0.5) is 0 Å². The number of aliphatic hydroxyl groups excluding tert-OH is 1. The summed E-state index contributed by atoms with van der Waals surface area (Å²) in [7, 11) is 0. The fraction of sp³-hybridized carbons (Fsp3) is 0.571. The van der Waals surface area contributed by atoms with Gasteiger partial charge in [-0.3, -0.25) is 4.79 Å². The van der Waals surface area contributed by atoms with E-state index in [2.05, 4.69) is 0 Å². The highest BCUT2D eigenvalue weighted by Gasteiger charge is 1.99. The highest BCUT2D eigenvalue weighted by Crippen LogP contribution is 2.00. The van der Waals surface area contributed by atoms with Crippen LogP contribution >= 0.6 is 0 Å². The summed E-state index contributed by atoms with van der Waals surface area (Å²) in [5, 5.41) is 7.57. The summed E-state index contributed by atoms with van der Waals surface area (Å²) in [6.45, 7) is 1.93. The van der Waals surface area contributed by atoms with E-state index in [0.29, 0.717) is 18.6 Å². The number of hydrogen-bond donors (Lipinski definition) is 1. The van der Waals surface area contributed by atoms with Crippen molar-refractivity contribution in [2.24, 2.45) is 0 Å². The molecule has 0 aliphatic heterocycles. The van der Waals surface area contributed by atoms with Crippen molar-refractivity contribution < 1.29 is 9.90 Å². The largest absolute Gasteiger partial charge is 0.397 e. The number of ketones is 1. The number of carbonyl (C=O) groups excluding carboxylic acids is 1. The van der Waals surface area contributed by atoms with E-state index in [1.165, 1.54) is 0 Å². The molecule has 0 radical (unpaired) electrons. The lowest BCUT2D eigenvalue weighted by Gasteiger charge is -1.72. The molecule has 2 heteroatoms. The first kappa shape index (κ1) is 8.37. The van der Waals surface area contributed by atoms with E-state index in [9.17, 15) is 4.79 Å². The van der Waals surface area contributed by atoms with Gasteiger partial charge in [-0.05, 0) is 6.92 Å². The van der Waals surface area contributed by atoms with Crippen molar-refractivity contribution in [3.8, 4) is 0 Å². The molecule has 0 spiro atoms. The summed E-state index contributed by atoms with van der Waals surface area (Å²) < 4.78 is 0. The molecule has 0 atom stereocenters. The Hall–Kier alpha value is -0.630. The molecule has 9 heavy (non-hydrogen) atoms. The van der Waals surface area contributed by atoms with Crippen molar-refractivity contribution in [3.63, 3.8) is 0 Å². The monoisotopic (exact) mass is 128 g/mol. The fourth-order valence-corrected chi connectivity index (χ4v) is 0.513. The molecule has 0 bridgehead atoms. The van der Waals surface area contributed by atoms with Gasteiger partial charge < -0.3 is 5.11 Å². The predicted molar refractivity (Wildman–Crippen MR) is 36.1 cm³/mol. The molecule has 0 saturated heterocycles. The Morgan fingerprint density at radius 2 is 1.89 bits per heavy atom. The summed E-state index contributed by atoms with van der Waals surface area (Å²) >= 11 is 0. The van der Waals surface area contributed by atoms with Gasteiger partial charge in [-0.1, -0.05) is 12.2 Å². The minimum Gasteiger partial charge on any atom is -0.397 e. The SMILES string of the molecule is CCO.O=C1CC=CC1. The van der Waals surface area contributed by atoms with Crippen LogP contribution in [0.15, 0.2) is 12.2 Å². The van der Waals surface area contributed by atoms with Gasteiger partial charge in [-0.15, -0.1) is 0 Å². The van der Waals surface area contributed by atoms with E-state index in [1.54, 1.807) is 6.92 Å². The van der Waals surface area contributed by atoms with Crippen molar-refractivity contribution in [3.05, 3.63) is 12.2 Å². The smallest absolute Gasteiger partial charge is 0.140 e. The summed E-state index contributed by atoms with van der Waals surface area (Å²) in [4.78, 5) is 10.2. The van der Waals surface area contributed by atoms with Gasteiger partial charge in [0.1, 0.15) is 5.78 Å². The van der Waals surface area contributed by atoms with Gasteiger partial charge in [0.2, 0.25) is 0 Å². The van der Waals surface area contributed by atoms with Crippen molar-refractivity contribution in [2.75, 3.05) is 6.61 Å². The minimum absolute atomic E-state index is 0.250. The normalized spacial score (nSPS) is 15.1.